The Morgan fingerprint density at radius 3 is 2.21 bits per heavy atom. The van der Waals surface area contributed by atoms with Crippen molar-refractivity contribution < 1.29 is 22.3 Å². The monoisotopic (exact) mass is 476 g/mol. The molecule has 1 nitrogen and oxygen atoms in total. The first kappa shape index (κ1) is 25.1. The average Bonchev–Trinajstić information content (AvgIpc) is 2.81. The number of benzene rings is 2. The van der Waals surface area contributed by atoms with Gasteiger partial charge in [-0.1, -0.05) is 57.6 Å². The van der Waals surface area contributed by atoms with Gasteiger partial charge in [0, 0.05) is 0 Å². The lowest BCUT2D eigenvalue weighted by atomic mass is 9.63. The second-order valence-corrected chi connectivity index (χ2v) is 10.3. The van der Waals surface area contributed by atoms with Crippen LogP contribution in [0.4, 0.5) is 17.6 Å². The summed E-state index contributed by atoms with van der Waals surface area (Å²) in [5.74, 6) is 1.25. The zero-order chi connectivity index (χ0) is 24.1. The first-order chi connectivity index (χ1) is 16.4. The molecule has 0 aromatic heterocycles. The molecule has 2 aromatic carbocycles. The fraction of sp³-hybridized carbons (Fsp3) is 0.586. The van der Waals surface area contributed by atoms with Crippen LogP contribution >= 0.6 is 0 Å². The Morgan fingerprint density at radius 1 is 0.853 bits per heavy atom. The van der Waals surface area contributed by atoms with Gasteiger partial charge in [0.2, 0.25) is 0 Å². The highest BCUT2D eigenvalue weighted by molar-refractivity contribution is 5.66. The molecule has 0 aliphatic heterocycles. The topological polar surface area (TPSA) is 9.23 Å². The van der Waals surface area contributed by atoms with Crippen LogP contribution in [0, 0.1) is 29.4 Å². The Morgan fingerprint density at radius 2 is 1.53 bits per heavy atom. The van der Waals surface area contributed by atoms with Gasteiger partial charge in [0.25, 0.3) is 0 Å². The number of halogens is 4. The van der Waals surface area contributed by atoms with Crippen LogP contribution in [0.1, 0.15) is 89.0 Å². The molecule has 4 rings (SSSR count). The summed E-state index contributed by atoms with van der Waals surface area (Å²) in [4.78, 5) is 0. The molecule has 4 atom stereocenters. The van der Waals surface area contributed by atoms with E-state index < -0.39 is 18.2 Å². The molecule has 0 heterocycles. The second kappa shape index (κ2) is 11.6. The molecule has 4 unspecified atom stereocenters. The summed E-state index contributed by atoms with van der Waals surface area (Å²) in [5.41, 5.74) is 0.935. The van der Waals surface area contributed by atoms with E-state index in [0.717, 1.165) is 36.7 Å². The first-order valence-electron chi connectivity index (χ1n) is 13.0. The number of ether oxygens (including phenoxy) is 1. The zero-order valence-corrected chi connectivity index (χ0v) is 20.0. The lowest BCUT2D eigenvalue weighted by Gasteiger charge is -2.42. The maximum Gasteiger partial charge on any atom is 0.387 e. The highest BCUT2D eigenvalue weighted by Crippen LogP contribution is 2.49. The summed E-state index contributed by atoms with van der Waals surface area (Å²) in [6.07, 6.45) is 13.7. The summed E-state index contributed by atoms with van der Waals surface area (Å²) < 4.78 is 59.1. The summed E-state index contributed by atoms with van der Waals surface area (Å²) in [6.45, 7) is -0.685. The van der Waals surface area contributed by atoms with Crippen molar-refractivity contribution in [3.05, 3.63) is 53.6 Å². The third-order valence-corrected chi connectivity index (χ3v) is 8.09. The van der Waals surface area contributed by atoms with Crippen molar-refractivity contribution in [2.24, 2.45) is 17.8 Å². The Kier molecular flexibility index (Phi) is 8.55. The van der Waals surface area contributed by atoms with Crippen LogP contribution in [0.15, 0.2) is 36.4 Å². The maximum atomic E-state index is 15.0. The van der Waals surface area contributed by atoms with Crippen LogP contribution in [0.25, 0.3) is 11.1 Å². The van der Waals surface area contributed by atoms with Crippen molar-refractivity contribution >= 4 is 0 Å². The molecule has 2 aliphatic carbocycles. The highest BCUT2D eigenvalue weighted by atomic mass is 19.3. The summed E-state index contributed by atoms with van der Waals surface area (Å²) in [5, 5.41) is 0. The number of fused-ring (bicyclic) bond motifs is 1. The van der Waals surface area contributed by atoms with E-state index in [-0.39, 0.29) is 17.2 Å². The summed E-state index contributed by atoms with van der Waals surface area (Å²) in [7, 11) is 0. The van der Waals surface area contributed by atoms with E-state index in [9.17, 15) is 8.78 Å². The Bertz CT molecular complexity index is 903. The molecule has 0 N–H and O–H groups in total. The fourth-order valence-corrected chi connectivity index (χ4v) is 6.32. The SMILES string of the molecule is CCCCCCC1CCC2CC(c3cc(F)c(-c4ccc(OC(F)F)cc4)c(F)c3)CCC2C1. The lowest BCUT2D eigenvalue weighted by molar-refractivity contribution is -0.0498. The first-order valence-corrected chi connectivity index (χ1v) is 13.0. The molecule has 0 amide bonds. The van der Waals surface area contributed by atoms with Gasteiger partial charge in [-0.2, -0.15) is 8.78 Å². The average molecular weight is 477 g/mol. The smallest absolute Gasteiger partial charge is 0.387 e. The number of rotatable bonds is 9. The Labute approximate surface area is 200 Å². The number of alkyl halides is 2. The molecule has 2 aliphatic rings. The van der Waals surface area contributed by atoms with Gasteiger partial charge < -0.3 is 4.74 Å². The third kappa shape index (κ3) is 6.14. The Hall–Kier alpha value is -2.04. The van der Waals surface area contributed by atoms with E-state index in [1.807, 2.05) is 0 Å². The van der Waals surface area contributed by atoms with Crippen molar-refractivity contribution in [1.29, 1.82) is 0 Å². The number of hydrogen-bond acceptors (Lipinski definition) is 1. The number of unbranched alkanes of at least 4 members (excludes halogenated alkanes) is 3. The van der Waals surface area contributed by atoms with Gasteiger partial charge in [0.05, 0.1) is 5.56 Å². The highest BCUT2D eigenvalue weighted by Gasteiger charge is 2.36. The summed E-state index contributed by atoms with van der Waals surface area (Å²) in [6, 6.07) is 8.37. The minimum Gasteiger partial charge on any atom is -0.435 e. The predicted octanol–water partition coefficient (Wildman–Crippen LogP) is 9.50. The van der Waals surface area contributed by atoms with Crippen LogP contribution in [-0.2, 0) is 0 Å². The third-order valence-electron chi connectivity index (χ3n) is 8.09. The van der Waals surface area contributed by atoms with Crippen LogP contribution in [0.2, 0.25) is 0 Å². The predicted molar refractivity (Wildman–Crippen MR) is 128 cm³/mol. The second-order valence-electron chi connectivity index (χ2n) is 10.3. The van der Waals surface area contributed by atoms with Crippen LogP contribution in [0.3, 0.4) is 0 Å². The van der Waals surface area contributed by atoms with Gasteiger partial charge in [0.1, 0.15) is 17.4 Å². The zero-order valence-electron chi connectivity index (χ0n) is 20.0. The number of hydrogen-bond donors (Lipinski definition) is 0. The van der Waals surface area contributed by atoms with Crippen molar-refractivity contribution in [3.8, 4) is 16.9 Å². The normalized spacial score (nSPS) is 24.8. The molecule has 2 saturated carbocycles. The fourth-order valence-electron chi connectivity index (χ4n) is 6.32. The van der Waals surface area contributed by atoms with Crippen molar-refractivity contribution in [1.82, 2.24) is 0 Å². The molecule has 0 saturated heterocycles. The van der Waals surface area contributed by atoms with Crippen molar-refractivity contribution in [2.45, 2.75) is 90.1 Å². The molecule has 2 aromatic rings. The van der Waals surface area contributed by atoms with Gasteiger partial charge in [-0.25, -0.2) is 8.78 Å². The summed E-state index contributed by atoms with van der Waals surface area (Å²) >= 11 is 0. The van der Waals surface area contributed by atoms with E-state index in [1.165, 1.54) is 87.8 Å². The standard InChI is InChI=1S/C29H36F4O/c1-2-3-4-5-6-19-7-8-22-16-23(10-9-21(22)15-19)24-17-26(30)28(27(31)18-24)20-11-13-25(14-12-20)34-29(32)33/h11-14,17-19,21-23,29H,2-10,15-16H2,1H3. The van der Waals surface area contributed by atoms with Crippen molar-refractivity contribution in [3.63, 3.8) is 0 Å². The minimum absolute atomic E-state index is 0.0383. The van der Waals surface area contributed by atoms with Crippen LogP contribution in [-0.4, -0.2) is 6.61 Å². The van der Waals surface area contributed by atoms with E-state index >= 15 is 8.78 Å². The minimum atomic E-state index is -2.94. The molecular formula is C29H36F4O. The van der Waals surface area contributed by atoms with E-state index in [4.69, 9.17) is 0 Å². The molecule has 0 spiro atoms. The Balaban J connectivity index is 1.38. The molecule has 0 radical (unpaired) electrons. The van der Waals surface area contributed by atoms with Gasteiger partial charge in [-0.15, -0.1) is 0 Å². The van der Waals surface area contributed by atoms with Crippen LogP contribution < -0.4 is 4.74 Å². The quantitative estimate of drug-likeness (QED) is 0.259. The molecule has 0 bridgehead atoms. The largest absolute Gasteiger partial charge is 0.435 e. The van der Waals surface area contributed by atoms with E-state index in [1.54, 1.807) is 0 Å². The maximum absolute atomic E-state index is 15.0. The molecule has 186 valence electrons. The van der Waals surface area contributed by atoms with Gasteiger partial charge in [0.15, 0.2) is 0 Å². The molecule has 2 fully saturated rings. The van der Waals surface area contributed by atoms with Crippen molar-refractivity contribution in [2.75, 3.05) is 0 Å². The lowest BCUT2D eigenvalue weighted by Crippen LogP contribution is -2.30. The van der Waals surface area contributed by atoms with Gasteiger partial charge >= 0.3 is 6.61 Å². The van der Waals surface area contributed by atoms with Gasteiger partial charge in [-0.3, -0.25) is 0 Å². The molecule has 34 heavy (non-hydrogen) atoms. The van der Waals surface area contributed by atoms with Crippen LogP contribution in [0.5, 0.6) is 5.75 Å². The molecular weight excluding hydrogens is 440 g/mol. The van der Waals surface area contributed by atoms with E-state index in [2.05, 4.69) is 11.7 Å². The molecule has 5 heteroatoms. The van der Waals surface area contributed by atoms with E-state index in [0.29, 0.717) is 11.5 Å². The van der Waals surface area contributed by atoms with Gasteiger partial charge in [-0.05, 0) is 91.2 Å².